The zero-order chi connectivity index (χ0) is 22.5. The van der Waals surface area contributed by atoms with E-state index < -0.39 is 16.7 Å². The summed E-state index contributed by atoms with van der Waals surface area (Å²) in [4.78, 5) is 0.144. The van der Waals surface area contributed by atoms with Crippen molar-refractivity contribution < 1.29 is 27.0 Å². The van der Waals surface area contributed by atoms with Crippen molar-refractivity contribution in [1.29, 1.82) is 0 Å². The van der Waals surface area contributed by atoms with E-state index in [1.54, 1.807) is 48.5 Å². The second-order valence-corrected chi connectivity index (χ2v) is 8.77. The van der Waals surface area contributed by atoms with E-state index in [1.807, 2.05) is 19.9 Å². The average molecular weight is 450 g/mol. The molecule has 0 unspecified atom stereocenters. The maximum atomic E-state index is 14.1. The van der Waals surface area contributed by atoms with Crippen LogP contribution in [0.1, 0.15) is 25.0 Å². The van der Waals surface area contributed by atoms with Crippen molar-refractivity contribution in [3.63, 3.8) is 0 Å². The molecule has 0 fully saturated rings. The number of halogens is 4. The van der Waals surface area contributed by atoms with Crippen LogP contribution < -0.4 is 4.74 Å². The molecule has 0 atom stereocenters. The zero-order valence-electron chi connectivity index (χ0n) is 17.1. The van der Waals surface area contributed by atoms with E-state index >= 15 is 0 Å². The molecule has 0 aliphatic heterocycles. The lowest BCUT2D eigenvalue weighted by atomic mass is 9.86. The summed E-state index contributed by atoms with van der Waals surface area (Å²) in [7, 11) is 0. The fourth-order valence-electron chi connectivity index (χ4n) is 2.95. The van der Waals surface area contributed by atoms with Crippen molar-refractivity contribution in [1.82, 2.24) is 0 Å². The predicted molar refractivity (Wildman–Crippen MR) is 114 cm³/mol. The fourth-order valence-corrected chi connectivity index (χ4v) is 3.49. The van der Waals surface area contributed by atoms with Gasteiger partial charge in [0.05, 0.1) is 13.2 Å². The molecule has 0 bridgehead atoms. The molecule has 0 spiro atoms. The molecule has 0 aliphatic rings. The van der Waals surface area contributed by atoms with Crippen LogP contribution in [0.15, 0.2) is 77.7 Å². The molecule has 2 nitrogen and oxygen atoms in total. The van der Waals surface area contributed by atoms with Crippen LogP contribution in [0, 0.1) is 5.82 Å². The highest BCUT2D eigenvalue weighted by atomic mass is 32.2. The predicted octanol–water partition coefficient (Wildman–Crippen LogP) is 7.72. The molecule has 0 heterocycles. The van der Waals surface area contributed by atoms with Gasteiger partial charge in [0, 0.05) is 10.3 Å². The molecule has 0 radical (unpaired) electrons. The van der Waals surface area contributed by atoms with Crippen LogP contribution >= 0.6 is 11.8 Å². The number of thioether (sulfide) groups is 1. The Balaban J connectivity index is 1.59. The first-order chi connectivity index (χ1) is 14.6. The van der Waals surface area contributed by atoms with Crippen LogP contribution in [0.2, 0.25) is 0 Å². The Morgan fingerprint density at radius 3 is 2.19 bits per heavy atom. The van der Waals surface area contributed by atoms with E-state index in [0.29, 0.717) is 12.4 Å². The van der Waals surface area contributed by atoms with Crippen molar-refractivity contribution in [3.8, 4) is 11.5 Å². The first kappa shape index (κ1) is 23.2. The Labute approximate surface area is 183 Å². The van der Waals surface area contributed by atoms with E-state index in [4.69, 9.17) is 9.47 Å². The Kier molecular flexibility index (Phi) is 7.28. The van der Waals surface area contributed by atoms with Gasteiger partial charge in [-0.25, -0.2) is 4.39 Å². The summed E-state index contributed by atoms with van der Waals surface area (Å²) in [6, 6.07) is 19.8. The average Bonchev–Trinajstić information content (AvgIpc) is 2.70. The van der Waals surface area contributed by atoms with Crippen molar-refractivity contribution >= 4 is 11.8 Å². The number of benzene rings is 3. The summed E-state index contributed by atoms with van der Waals surface area (Å²) in [6.07, 6.45) is 0. The van der Waals surface area contributed by atoms with Gasteiger partial charge in [0.15, 0.2) is 11.6 Å². The van der Waals surface area contributed by atoms with Crippen LogP contribution in [-0.2, 0) is 16.8 Å². The monoisotopic (exact) mass is 450 g/mol. The van der Waals surface area contributed by atoms with Gasteiger partial charge in [-0.2, -0.15) is 13.2 Å². The lowest BCUT2D eigenvalue weighted by molar-refractivity contribution is -0.0328. The Hall–Kier alpha value is -2.51. The van der Waals surface area contributed by atoms with Crippen molar-refractivity contribution in [3.05, 3.63) is 89.7 Å². The van der Waals surface area contributed by atoms with Crippen molar-refractivity contribution in [2.45, 2.75) is 36.3 Å². The normalized spacial score (nSPS) is 12.1. The number of para-hydroxylation sites is 1. The molecule has 0 saturated carbocycles. The van der Waals surface area contributed by atoms with Gasteiger partial charge in [0.2, 0.25) is 0 Å². The molecule has 0 aliphatic carbocycles. The third kappa shape index (κ3) is 7.01. The van der Waals surface area contributed by atoms with Gasteiger partial charge in [0.1, 0.15) is 5.75 Å². The number of rotatable bonds is 8. The highest BCUT2D eigenvalue weighted by Crippen LogP contribution is 2.37. The molecular weight excluding hydrogens is 428 g/mol. The third-order valence-corrected chi connectivity index (χ3v) is 5.31. The second-order valence-electron chi connectivity index (χ2n) is 7.63. The Morgan fingerprint density at radius 2 is 1.55 bits per heavy atom. The van der Waals surface area contributed by atoms with Crippen LogP contribution in [-0.4, -0.2) is 12.1 Å². The van der Waals surface area contributed by atoms with E-state index in [-0.39, 0.29) is 29.0 Å². The summed E-state index contributed by atoms with van der Waals surface area (Å²) >= 11 is -0.136. The summed E-state index contributed by atoms with van der Waals surface area (Å²) in [5, 5.41) is 0. The molecule has 0 amide bonds. The number of ether oxygens (including phenoxy) is 2. The van der Waals surface area contributed by atoms with E-state index in [2.05, 4.69) is 0 Å². The maximum Gasteiger partial charge on any atom is 0.446 e. The van der Waals surface area contributed by atoms with E-state index in [1.165, 1.54) is 18.2 Å². The van der Waals surface area contributed by atoms with E-state index in [0.717, 1.165) is 11.1 Å². The molecule has 7 heteroatoms. The van der Waals surface area contributed by atoms with Gasteiger partial charge in [-0.15, -0.1) is 0 Å². The third-order valence-electron chi connectivity index (χ3n) is 4.57. The van der Waals surface area contributed by atoms with Gasteiger partial charge in [-0.3, -0.25) is 0 Å². The van der Waals surface area contributed by atoms with Crippen LogP contribution in [0.3, 0.4) is 0 Å². The summed E-state index contributed by atoms with van der Waals surface area (Å²) < 4.78 is 63.0. The van der Waals surface area contributed by atoms with Crippen LogP contribution in [0.4, 0.5) is 17.6 Å². The molecule has 0 saturated heterocycles. The highest BCUT2D eigenvalue weighted by molar-refractivity contribution is 8.00. The topological polar surface area (TPSA) is 18.5 Å². The smallest absolute Gasteiger partial charge is 0.446 e. The fraction of sp³-hybridized carbons (Fsp3) is 0.250. The van der Waals surface area contributed by atoms with Gasteiger partial charge >= 0.3 is 5.51 Å². The molecule has 164 valence electrons. The van der Waals surface area contributed by atoms with Crippen molar-refractivity contribution in [2.24, 2.45) is 0 Å². The van der Waals surface area contributed by atoms with Gasteiger partial charge < -0.3 is 9.47 Å². The quantitative estimate of drug-likeness (QED) is 0.258. The molecule has 0 aromatic heterocycles. The minimum atomic E-state index is -4.31. The van der Waals surface area contributed by atoms with E-state index in [9.17, 15) is 17.6 Å². The summed E-state index contributed by atoms with van der Waals surface area (Å²) in [5.74, 6) is 0.182. The number of alkyl halides is 3. The lowest BCUT2D eigenvalue weighted by Crippen LogP contribution is -2.24. The largest absolute Gasteiger partial charge is 0.454 e. The summed E-state index contributed by atoms with van der Waals surface area (Å²) in [5.41, 5.74) is -3.10. The second kappa shape index (κ2) is 9.75. The summed E-state index contributed by atoms with van der Waals surface area (Å²) in [6.45, 7) is 4.49. The molecule has 3 rings (SSSR count). The molecule has 3 aromatic carbocycles. The molecule has 31 heavy (non-hydrogen) atoms. The van der Waals surface area contributed by atoms with Gasteiger partial charge in [0.25, 0.3) is 0 Å². The Bertz CT molecular complexity index is 987. The minimum Gasteiger partial charge on any atom is -0.454 e. The minimum absolute atomic E-state index is 0.115. The van der Waals surface area contributed by atoms with Gasteiger partial charge in [-0.05, 0) is 59.3 Å². The zero-order valence-corrected chi connectivity index (χ0v) is 17.9. The Morgan fingerprint density at radius 1 is 0.871 bits per heavy atom. The van der Waals surface area contributed by atoms with Crippen molar-refractivity contribution in [2.75, 3.05) is 6.61 Å². The maximum absolute atomic E-state index is 14.1. The first-order valence-electron chi connectivity index (χ1n) is 9.58. The lowest BCUT2D eigenvalue weighted by Gasteiger charge is -2.25. The van der Waals surface area contributed by atoms with Crippen LogP contribution in [0.25, 0.3) is 0 Å². The van der Waals surface area contributed by atoms with Crippen LogP contribution in [0.5, 0.6) is 11.5 Å². The molecule has 3 aromatic rings. The molecular formula is C24H22F4O2S. The number of hydrogen-bond acceptors (Lipinski definition) is 3. The number of hydrogen-bond donors (Lipinski definition) is 0. The highest BCUT2D eigenvalue weighted by Gasteiger charge is 2.29. The standard InChI is InChI=1S/C24H22F4O2S/c1-23(2,18-9-11-20(12-10-18)31-24(26,27)28)16-29-15-17-8-13-21(25)22(14-17)30-19-6-4-3-5-7-19/h3-14H,15-16H2,1-2H3. The molecule has 0 N–H and O–H groups in total. The first-order valence-corrected chi connectivity index (χ1v) is 10.4. The SMILES string of the molecule is CC(C)(COCc1ccc(F)c(Oc2ccccc2)c1)c1ccc(SC(F)(F)F)cc1. The van der Waals surface area contributed by atoms with Gasteiger partial charge in [-0.1, -0.05) is 50.2 Å².